The van der Waals surface area contributed by atoms with Crippen LogP contribution < -0.4 is 0 Å². The molecule has 0 spiro atoms. The highest BCUT2D eigenvalue weighted by atomic mass is 79.9. The Morgan fingerprint density at radius 2 is 1.61 bits per heavy atom. The number of hydrogen-bond donors (Lipinski definition) is 1. The lowest BCUT2D eigenvalue weighted by Gasteiger charge is -2.03. The van der Waals surface area contributed by atoms with Crippen molar-refractivity contribution in [3.8, 4) is 5.75 Å². The van der Waals surface area contributed by atoms with Crippen molar-refractivity contribution in [3.63, 3.8) is 0 Å². The van der Waals surface area contributed by atoms with Gasteiger partial charge in [-0.2, -0.15) is 15.3 Å². The Bertz CT molecular complexity index is 899. The molecule has 0 bridgehead atoms. The number of aromatic hydroxyl groups is 1. The van der Waals surface area contributed by atoms with Crippen LogP contribution in [0.5, 0.6) is 5.75 Å². The normalized spacial score (nSPS) is 11.7. The van der Waals surface area contributed by atoms with Gasteiger partial charge in [0.15, 0.2) is 0 Å². The fourth-order valence-electron chi connectivity index (χ4n) is 2.88. The van der Waals surface area contributed by atoms with Gasteiger partial charge in [-0.1, -0.05) is 15.9 Å². The molecule has 1 N–H and O–H groups in total. The van der Waals surface area contributed by atoms with E-state index in [1.807, 2.05) is 38.4 Å². The molecule has 2 heterocycles. The van der Waals surface area contributed by atoms with Crippen LogP contribution in [-0.4, -0.2) is 26.2 Å². The van der Waals surface area contributed by atoms with E-state index in [1.165, 1.54) is 0 Å². The van der Waals surface area contributed by atoms with Crippen LogP contribution in [-0.2, 0) is 0 Å². The largest absolute Gasteiger partial charge is 0.507 e. The maximum atomic E-state index is 9.94. The molecule has 3 rings (SSSR count). The summed E-state index contributed by atoms with van der Waals surface area (Å²) in [4.78, 5) is 0. The smallest absolute Gasteiger partial charge is 0.124 e. The van der Waals surface area contributed by atoms with Gasteiger partial charge in [-0.25, -0.2) is 4.68 Å². The monoisotopic (exact) mass is 372 g/mol. The number of phenols is 1. The standard InChI is InChI=1S/C17H17BrN4O/c1-9-16-11(3)22(12(4)17(16)10(2)21-20-9)19-8-13-7-14(18)5-6-15(13)23/h5-8,23H,1-4H3/b19-8-. The summed E-state index contributed by atoms with van der Waals surface area (Å²) >= 11 is 3.40. The van der Waals surface area contributed by atoms with Crippen LogP contribution in [0.25, 0.3) is 10.8 Å². The molecule has 3 aromatic rings. The van der Waals surface area contributed by atoms with Gasteiger partial charge in [-0.15, -0.1) is 0 Å². The molecule has 118 valence electrons. The van der Waals surface area contributed by atoms with Gasteiger partial charge in [-0.05, 0) is 45.9 Å². The zero-order chi connectivity index (χ0) is 16.7. The molecule has 0 unspecified atom stereocenters. The molecular weight excluding hydrogens is 356 g/mol. The summed E-state index contributed by atoms with van der Waals surface area (Å²) < 4.78 is 2.76. The van der Waals surface area contributed by atoms with Crippen LogP contribution in [0.4, 0.5) is 0 Å². The fraction of sp³-hybridized carbons (Fsp3) is 0.235. The van der Waals surface area contributed by atoms with Crippen molar-refractivity contribution < 1.29 is 5.11 Å². The Kier molecular flexibility index (Phi) is 3.93. The number of aromatic nitrogens is 3. The quantitative estimate of drug-likeness (QED) is 0.691. The number of phenolic OH excluding ortho intramolecular Hbond substituents is 1. The van der Waals surface area contributed by atoms with E-state index in [4.69, 9.17) is 0 Å². The van der Waals surface area contributed by atoms with Crippen molar-refractivity contribution >= 4 is 32.9 Å². The number of fused-ring (bicyclic) bond motifs is 1. The molecule has 5 nitrogen and oxygen atoms in total. The lowest BCUT2D eigenvalue weighted by molar-refractivity contribution is 0.474. The molecule has 23 heavy (non-hydrogen) atoms. The lowest BCUT2D eigenvalue weighted by Crippen LogP contribution is -1.96. The first-order valence-corrected chi connectivity index (χ1v) is 8.03. The summed E-state index contributed by atoms with van der Waals surface area (Å²) in [5.41, 5.74) is 4.47. The van der Waals surface area contributed by atoms with E-state index in [1.54, 1.807) is 18.3 Å². The first kappa shape index (κ1) is 15.7. The number of aryl methyl sites for hydroxylation is 4. The lowest BCUT2D eigenvalue weighted by atomic mass is 10.1. The van der Waals surface area contributed by atoms with E-state index in [0.717, 1.165) is 38.0 Å². The average molecular weight is 373 g/mol. The number of hydrogen-bond acceptors (Lipinski definition) is 4. The second kappa shape index (κ2) is 5.77. The number of halogens is 1. The Morgan fingerprint density at radius 1 is 1.04 bits per heavy atom. The van der Waals surface area contributed by atoms with Crippen LogP contribution in [0.3, 0.4) is 0 Å². The zero-order valence-corrected chi connectivity index (χ0v) is 15.0. The van der Waals surface area contributed by atoms with E-state index >= 15 is 0 Å². The predicted octanol–water partition coefficient (Wildman–Crippen LogP) is 4.02. The number of rotatable bonds is 2. The molecule has 0 aliphatic rings. The summed E-state index contributed by atoms with van der Waals surface area (Å²) in [5.74, 6) is 0.194. The molecular formula is C17H17BrN4O. The summed E-state index contributed by atoms with van der Waals surface area (Å²) in [6.07, 6.45) is 1.66. The van der Waals surface area contributed by atoms with Crippen molar-refractivity contribution in [1.82, 2.24) is 14.9 Å². The summed E-state index contributed by atoms with van der Waals surface area (Å²) in [6, 6.07) is 5.25. The molecule has 0 fully saturated rings. The Hall–Kier alpha value is -2.21. The van der Waals surface area contributed by atoms with Gasteiger partial charge in [0.1, 0.15) is 5.75 Å². The number of benzene rings is 1. The third kappa shape index (κ3) is 2.63. The van der Waals surface area contributed by atoms with Crippen molar-refractivity contribution in [3.05, 3.63) is 51.0 Å². The predicted molar refractivity (Wildman–Crippen MR) is 95.3 cm³/mol. The molecule has 0 amide bonds. The van der Waals surface area contributed by atoms with Crippen LogP contribution in [0.2, 0.25) is 0 Å². The third-order valence-electron chi connectivity index (χ3n) is 3.98. The van der Waals surface area contributed by atoms with E-state index in [2.05, 4.69) is 31.2 Å². The van der Waals surface area contributed by atoms with Crippen molar-refractivity contribution in [2.45, 2.75) is 27.7 Å². The molecule has 0 aliphatic heterocycles. The van der Waals surface area contributed by atoms with E-state index in [-0.39, 0.29) is 5.75 Å². The molecule has 0 saturated heterocycles. The maximum absolute atomic E-state index is 9.94. The molecule has 0 aliphatic carbocycles. The molecule has 0 radical (unpaired) electrons. The van der Waals surface area contributed by atoms with Gasteiger partial charge in [0.2, 0.25) is 0 Å². The highest BCUT2D eigenvalue weighted by Crippen LogP contribution is 2.29. The van der Waals surface area contributed by atoms with Gasteiger partial charge >= 0.3 is 0 Å². The molecule has 1 aromatic carbocycles. The van der Waals surface area contributed by atoms with Crippen molar-refractivity contribution in [2.75, 3.05) is 0 Å². The zero-order valence-electron chi connectivity index (χ0n) is 13.4. The first-order valence-electron chi connectivity index (χ1n) is 7.24. The van der Waals surface area contributed by atoms with Crippen LogP contribution >= 0.6 is 15.9 Å². The average Bonchev–Trinajstić information content (AvgIpc) is 2.77. The van der Waals surface area contributed by atoms with Gasteiger partial charge in [-0.3, -0.25) is 0 Å². The minimum absolute atomic E-state index is 0.194. The Labute approximate surface area is 142 Å². The maximum Gasteiger partial charge on any atom is 0.124 e. The summed E-state index contributed by atoms with van der Waals surface area (Å²) in [5, 5.41) is 25.1. The van der Waals surface area contributed by atoms with E-state index in [0.29, 0.717) is 5.56 Å². The minimum atomic E-state index is 0.194. The number of nitrogens with zero attached hydrogens (tertiary/aromatic N) is 4. The SMILES string of the molecule is Cc1nnc(C)c2c(C)n(/N=C\c3cc(Br)ccc3O)c(C)c12. The van der Waals surface area contributed by atoms with E-state index in [9.17, 15) is 5.11 Å². The summed E-state index contributed by atoms with van der Waals surface area (Å²) in [7, 11) is 0. The second-order valence-electron chi connectivity index (χ2n) is 5.55. The van der Waals surface area contributed by atoms with Gasteiger partial charge in [0, 0.05) is 32.2 Å². The fourth-order valence-corrected chi connectivity index (χ4v) is 3.26. The highest BCUT2D eigenvalue weighted by Gasteiger charge is 2.16. The van der Waals surface area contributed by atoms with E-state index < -0.39 is 0 Å². The third-order valence-corrected chi connectivity index (χ3v) is 4.48. The second-order valence-corrected chi connectivity index (χ2v) is 6.47. The van der Waals surface area contributed by atoms with Crippen molar-refractivity contribution in [1.29, 1.82) is 0 Å². The summed E-state index contributed by atoms with van der Waals surface area (Å²) in [6.45, 7) is 7.94. The van der Waals surface area contributed by atoms with Crippen LogP contribution in [0.1, 0.15) is 28.3 Å². The van der Waals surface area contributed by atoms with Gasteiger partial charge in [0.25, 0.3) is 0 Å². The molecule has 2 aromatic heterocycles. The molecule has 0 saturated carbocycles. The first-order chi connectivity index (χ1) is 10.9. The van der Waals surface area contributed by atoms with Crippen LogP contribution in [0, 0.1) is 27.7 Å². The molecule has 0 atom stereocenters. The topological polar surface area (TPSA) is 63.3 Å². The Morgan fingerprint density at radius 3 is 2.17 bits per heavy atom. The minimum Gasteiger partial charge on any atom is -0.507 e. The van der Waals surface area contributed by atoms with Crippen molar-refractivity contribution in [2.24, 2.45) is 5.10 Å². The van der Waals surface area contributed by atoms with Gasteiger partial charge in [0.05, 0.1) is 17.6 Å². The van der Waals surface area contributed by atoms with Crippen LogP contribution in [0.15, 0.2) is 27.8 Å². The Balaban J connectivity index is 2.18. The van der Waals surface area contributed by atoms with Gasteiger partial charge < -0.3 is 5.11 Å². The highest BCUT2D eigenvalue weighted by molar-refractivity contribution is 9.10. The molecule has 6 heteroatoms.